The third-order valence-electron chi connectivity index (χ3n) is 3.63. The fraction of sp³-hybridized carbons (Fsp3) is 0.611. The fourth-order valence-electron chi connectivity index (χ4n) is 2.22. The third kappa shape index (κ3) is 13.9. The van der Waals surface area contributed by atoms with Gasteiger partial charge in [-0.05, 0) is 56.4 Å². The average Bonchev–Trinajstić information content (AvgIpc) is 2.92. The van der Waals surface area contributed by atoms with Crippen molar-refractivity contribution in [3.63, 3.8) is 0 Å². The van der Waals surface area contributed by atoms with Crippen LogP contribution in [0.25, 0.3) is 0 Å². The monoisotopic (exact) mass is 391 g/mol. The Balaban J connectivity index is 0.000000603. The highest BCUT2D eigenvalue weighted by atomic mass is 35.5. The molecule has 1 amide bonds. The molecule has 0 spiro atoms. The molecule has 0 saturated carbocycles. The van der Waals surface area contributed by atoms with E-state index in [4.69, 9.17) is 16.3 Å². The van der Waals surface area contributed by atoms with Gasteiger partial charge in [-0.25, -0.2) is 5.43 Å². The number of carbonyl (C=O) groups excluding carboxylic acids is 1. The van der Waals surface area contributed by atoms with E-state index in [1.807, 2.05) is 0 Å². The van der Waals surface area contributed by atoms with Crippen LogP contribution in [0.2, 0.25) is 5.02 Å². The lowest BCUT2D eigenvalue weighted by Gasteiger charge is -2.08. The van der Waals surface area contributed by atoms with Crippen LogP contribution in [-0.4, -0.2) is 32.1 Å². The molecule has 1 aliphatic heterocycles. The molecule has 0 radical (unpaired) electrons. The summed E-state index contributed by atoms with van der Waals surface area (Å²) >= 11 is 5.73. The summed E-state index contributed by atoms with van der Waals surface area (Å²) in [4.78, 5) is 11.3. The number of hydrazine groups is 1. The minimum absolute atomic E-state index is 0. The highest BCUT2D eigenvalue weighted by molar-refractivity contribution is 6.30. The number of nitrogens with two attached hydrogens (primary N) is 1. The van der Waals surface area contributed by atoms with Crippen LogP contribution in [0.5, 0.6) is 5.75 Å². The van der Waals surface area contributed by atoms with E-state index in [0.29, 0.717) is 10.8 Å². The van der Waals surface area contributed by atoms with Crippen molar-refractivity contribution in [2.24, 2.45) is 0 Å². The van der Waals surface area contributed by atoms with Gasteiger partial charge >= 0.3 is 0 Å². The molecule has 1 saturated heterocycles. The number of halogens is 2. The minimum atomic E-state index is -0.198. The van der Waals surface area contributed by atoms with Gasteiger partial charge in [0.2, 0.25) is 0 Å². The predicted molar refractivity (Wildman–Crippen MR) is 98.1 cm³/mol. The van der Waals surface area contributed by atoms with Gasteiger partial charge in [-0.3, -0.25) is 10.2 Å². The lowest BCUT2D eigenvalue weighted by atomic mass is 10.2. The van der Waals surface area contributed by atoms with Gasteiger partial charge in [0.15, 0.2) is 6.61 Å². The molecule has 1 aromatic carbocycles. The standard InChI is InChI=1S/C12H17ClN2O2.C6H13N.ClH/c1-2-3-8-14-15-12(16)9-17-11-6-4-10(13)5-7-11;1-2-4-6-7-5-3-1;/h4-7,14H,2-3,8-9H2,1H3,(H,15,16);7H,1-6H2;1H. The number of hydrogen-bond donors (Lipinski definition) is 3. The molecule has 1 fully saturated rings. The summed E-state index contributed by atoms with van der Waals surface area (Å²) in [6.45, 7) is 5.59. The van der Waals surface area contributed by atoms with Gasteiger partial charge in [-0.2, -0.15) is 0 Å². The second-order valence-corrected chi connectivity index (χ2v) is 6.29. The van der Waals surface area contributed by atoms with E-state index in [-0.39, 0.29) is 24.9 Å². The number of carbonyl (C=O) groups is 1. The first kappa shape index (κ1) is 24.0. The van der Waals surface area contributed by atoms with E-state index in [1.165, 1.54) is 38.8 Å². The molecule has 1 heterocycles. The minimum Gasteiger partial charge on any atom is -1.00 e. The quantitative estimate of drug-likeness (QED) is 0.423. The molecule has 0 bridgehead atoms. The lowest BCUT2D eigenvalue weighted by molar-refractivity contribution is -0.653. The Labute approximate surface area is 162 Å². The van der Waals surface area contributed by atoms with Crippen LogP contribution < -0.4 is 33.3 Å². The smallest absolute Gasteiger partial charge is 0.271 e. The van der Waals surface area contributed by atoms with E-state index in [2.05, 4.69) is 23.1 Å². The van der Waals surface area contributed by atoms with Gasteiger partial charge in [-0.1, -0.05) is 24.9 Å². The SMILES string of the molecule is C1CCC[NH2+]CC1.CCCCNNC(=O)COc1ccc(Cl)cc1.[Cl-]. The van der Waals surface area contributed by atoms with Crippen LogP contribution in [-0.2, 0) is 4.79 Å². The number of rotatable bonds is 7. The average molecular weight is 392 g/mol. The fourth-order valence-corrected chi connectivity index (χ4v) is 2.34. The number of nitrogens with one attached hydrogen (secondary N) is 2. The highest BCUT2D eigenvalue weighted by Crippen LogP contribution is 2.15. The second-order valence-electron chi connectivity index (χ2n) is 5.85. The number of quaternary nitrogens is 1. The van der Waals surface area contributed by atoms with E-state index in [9.17, 15) is 4.79 Å². The van der Waals surface area contributed by atoms with Gasteiger partial charge < -0.3 is 22.5 Å². The van der Waals surface area contributed by atoms with E-state index in [0.717, 1.165) is 19.4 Å². The van der Waals surface area contributed by atoms with Crippen molar-refractivity contribution in [1.82, 2.24) is 10.9 Å². The predicted octanol–water partition coefficient (Wildman–Crippen LogP) is -0.732. The summed E-state index contributed by atoms with van der Waals surface area (Å²) in [7, 11) is 0. The largest absolute Gasteiger partial charge is 1.00 e. The first-order valence-electron chi connectivity index (χ1n) is 8.94. The number of benzene rings is 1. The third-order valence-corrected chi connectivity index (χ3v) is 3.89. The van der Waals surface area contributed by atoms with Gasteiger partial charge in [0, 0.05) is 11.6 Å². The molecule has 2 rings (SSSR count). The molecule has 4 N–H and O–H groups in total. The summed E-state index contributed by atoms with van der Waals surface area (Å²) < 4.78 is 5.27. The van der Waals surface area contributed by atoms with Gasteiger partial charge in [-0.15, -0.1) is 0 Å². The molecule has 0 aliphatic carbocycles. The van der Waals surface area contributed by atoms with Crippen LogP contribution in [0.15, 0.2) is 24.3 Å². The highest BCUT2D eigenvalue weighted by Gasteiger charge is 2.01. The number of ether oxygens (including phenoxy) is 1. The Morgan fingerprint density at radius 2 is 1.80 bits per heavy atom. The maximum absolute atomic E-state index is 11.3. The Bertz CT molecular complexity index is 425. The number of hydrogen-bond acceptors (Lipinski definition) is 3. The molecule has 25 heavy (non-hydrogen) atoms. The Kier molecular flexibility index (Phi) is 15.8. The van der Waals surface area contributed by atoms with Crippen molar-refractivity contribution in [2.75, 3.05) is 26.2 Å². The van der Waals surface area contributed by atoms with Crippen molar-refractivity contribution >= 4 is 17.5 Å². The topological polar surface area (TPSA) is 67.0 Å². The molecule has 7 heteroatoms. The van der Waals surface area contributed by atoms with E-state index < -0.39 is 0 Å². The molecule has 0 atom stereocenters. The molecule has 0 aromatic heterocycles. The van der Waals surface area contributed by atoms with Gasteiger partial charge in [0.1, 0.15) is 5.75 Å². The van der Waals surface area contributed by atoms with Crippen LogP contribution in [0.3, 0.4) is 0 Å². The molecule has 0 unspecified atom stereocenters. The number of amides is 1. The van der Waals surface area contributed by atoms with Gasteiger partial charge in [0.25, 0.3) is 5.91 Å². The lowest BCUT2D eigenvalue weighted by Crippen LogP contribution is -3.00. The molecule has 1 aliphatic rings. The maximum atomic E-state index is 11.3. The second kappa shape index (κ2) is 16.5. The van der Waals surface area contributed by atoms with Crippen LogP contribution in [0.4, 0.5) is 0 Å². The zero-order valence-corrected chi connectivity index (χ0v) is 16.5. The first-order chi connectivity index (χ1) is 11.7. The Hall–Kier alpha value is -1.01. The van der Waals surface area contributed by atoms with Crippen molar-refractivity contribution in [2.45, 2.75) is 45.4 Å². The van der Waals surface area contributed by atoms with Crippen LogP contribution in [0.1, 0.15) is 45.4 Å². The molecular formula is C18H31Cl2N3O2. The summed E-state index contributed by atoms with van der Waals surface area (Å²) in [5, 5.41) is 3.07. The van der Waals surface area contributed by atoms with Crippen molar-refractivity contribution in [3.05, 3.63) is 29.3 Å². The first-order valence-corrected chi connectivity index (χ1v) is 9.32. The van der Waals surface area contributed by atoms with Crippen molar-refractivity contribution in [1.29, 1.82) is 0 Å². The van der Waals surface area contributed by atoms with E-state index in [1.54, 1.807) is 24.3 Å². The normalized spacial score (nSPS) is 13.5. The molecule has 5 nitrogen and oxygen atoms in total. The maximum Gasteiger partial charge on any atom is 0.271 e. The van der Waals surface area contributed by atoms with Gasteiger partial charge in [0.05, 0.1) is 13.1 Å². The summed E-state index contributed by atoms with van der Waals surface area (Å²) in [5.74, 6) is 0.425. The molecular weight excluding hydrogens is 361 g/mol. The molecule has 1 aromatic rings. The summed E-state index contributed by atoms with van der Waals surface area (Å²) in [6.07, 6.45) is 7.94. The summed E-state index contributed by atoms with van der Waals surface area (Å²) in [6, 6.07) is 6.88. The Morgan fingerprint density at radius 1 is 1.16 bits per heavy atom. The van der Waals surface area contributed by atoms with Crippen molar-refractivity contribution in [3.8, 4) is 5.75 Å². The number of unbranched alkanes of at least 4 members (excludes halogenated alkanes) is 1. The van der Waals surface area contributed by atoms with Crippen LogP contribution >= 0.6 is 11.6 Å². The van der Waals surface area contributed by atoms with Crippen LogP contribution in [0, 0.1) is 0 Å². The summed E-state index contributed by atoms with van der Waals surface area (Å²) in [5.41, 5.74) is 5.39. The van der Waals surface area contributed by atoms with E-state index >= 15 is 0 Å². The zero-order chi connectivity index (χ0) is 17.5. The molecule has 144 valence electrons. The van der Waals surface area contributed by atoms with Crippen molar-refractivity contribution < 1.29 is 27.3 Å². The Morgan fingerprint density at radius 3 is 2.40 bits per heavy atom. The zero-order valence-electron chi connectivity index (χ0n) is 15.0.